The normalized spacial score (nSPS) is 13.3. The molecule has 0 aromatic heterocycles. The third-order valence-corrected chi connectivity index (χ3v) is 6.06. The molecule has 0 radical (unpaired) electrons. The SMILES string of the molecule is CC[C@@H](C(=O)N[C@H](C)c1cc(OC)ccc1OC)N(c1ccc(C)cc1)S(C)(=O)=O. The van der Waals surface area contributed by atoms with Gasteiger partial charge in [0, 0.05) is 5.56 Å². The van der Waals surface area contributed by atoms with Crippen molar-refractivity contribution in [1.82, 2.24) is 5.32 Å². The minimum atomic E-state index is -3.68. The van der Waals surface area contributed by atoms with Crippen LogP contribution in [-0.4, -0.2) is 40.8 Å². The van der Waals surface area contributed by atoms with Gasteiger partial charge < -0.3 is 14.8 Å². The molecule has 2 aromatic carbocycles. The highest BCUT2D eigenvalue weighted by atomic mass is 32.2. The van der Waals surface area contributed by atoms with E-state index in [9.17, 15) is 13.2 Å². The zero-order chi connectivity index (χ0) is 22.5. The Bertz CT molecular complexity index is 974. The van der Waals surface area contributed by atoms with Crippen molar-refractivity contribution in [3.8, 4) is 11.5 Å². The maximum absolute atomic E-state index is 13.2. The maximum atomic E-state index is 13.2. The van der Waals surface area contributed by atoms with Crippen LogP contribution in [0.15, 0.2) is 42.5 Å². The third kappa shape index (κ3) is 5.44. The van der Waals surface area contributed by atoms with Gasteiger partial charge in [0.1, 0.15) is 17.5 Å². The highest BCUT2D eigenvalue weighted by Gasteiger charge is 2.32. The monoisotopic (exact) mass is 434 g/mol. The fraction of sp³-hybridized carbons (Fsp3) is 0.409. The Morgan fingerprint density at radius 3 is 2.23 bits per heavy atom. The van der Waals surface area contributed by atoms with Crippen LogP contribution in [0.3, 0.4) is 0 Å². The second-order valence-corrected chi connectivity index (χ2v) is 9.02. The zero-order valence-corrected chi connectivity index (χ0v) is 19.1. The van der Waals surface area contributed by atoms with Crippen LogP contribution in [0.2, 0.25) is 0 Å². The van der Waals surface area contributed by atoms with E-state index in [-0.39, 0.29) is 5.91 Å². The summed E-state index contributed by atoms with van der Waals surface area (Å²) < 4.78 is 37.0. The van der Waals surface area contributed by atoms with Crippen LogP contribution < -0.4 is 19.1 Å². The molecular weight excluding hydrogens is 404 g/mol. The van der Waals surface area contributed by atoms with Gasteiger partial charge in [0.05, 0.1) is 32.2 Å². The maximum Gasteiger partial charge on any atom is 0.244 e. The highest BCUT2D eigenvalue weighted by molar-refractivity contribution is 7.92. The van der Waals surface area contributed by atoms with E-state index in [4.69, 9.17) is 9.47 Å². The molecule has 8 heteroatoms. The van der Waals surface area contributed by atoms with Crippen LogP contribution in [0.5, 0.6) is 11.5 Å². The summed E-state index contributed by atoms with van der Waals surface area (Å²) in [6, 6.07) is 11.1. The molecule has 0 saturated carbocycles. The molecule has 2 rings (SSSR count). The quantitative estimate of drug-likeness (QED) is 0.654. The lowest BCUT2D eigenvalue weighted by Crippen LogP contribution is -2.49. The van der Waals surface area contributed by atoms with Crippen molar-refractivity contribution < 1.29 is 22.7 Å². The van der Waals surface area contributed by atoms with Crippen molar-refractivity contribution in [2.75, 3.05) is 24.8 Å². The summed E-state index contributed by atoms with van der Waals surface area (Å²) >= 11 is 0. The molecule has 30 heavy (non-hydrogen) atoms. The fourth-order valence-electron chi connectivity index (χ4n) is 3.32. The van der Waals surface area contributed by atoms with Crippen molar-refractivity contribution in [3.63, 3.8) is 0 Å². The molecule has 164 valence electrons. The smallest absolute Gasteiger partial charge is 0.244 e. The zero-order valence-electron chi connectivity index (χ0n) is 18.3. The summed E-state index contributed by atoms with van der Waals surface area (Å²) in [5, 5.41) is 2.93. The standard InChI is InChI=1S/C22H30N2O5S/c1-7-20(24(30(6,26)27)17-10-8-15(2)9-11-17)22(25)23-16(3)19-14-18(28-4)12-13-21(19)29-5/h8-14,16,20H,7H2,1-6H3,(H,23,25)/t16-,20+/m1/s1. The average molecular weight is 435 g/mol. The van der Waals surface area contributed by atoms with Crippen LogP contribution in [-0.2, 0) is 14.8 Å². The average Bonchev–Trinajstić information content (AvgIpc) is 2.71. The summed E-state index contributed by atoms with van der Waals surface area (Å²) in [6.07, 6.45) is 1.42. The van der Waals surface area contributed by atoms with Gasteiger partial charge in [-0.25, -0.2) is 8.42 Å². The molecular formula is C22H30N2O5S. The lowest BCUT2D eigenvalue weighted by Gasteiger charge is -2.31. The number of ether oxygens (including phenoxy) is 2. The molecule has 1 N–H and O–H groups in total. The van der Waals surface area contributed by atoms with E-state index in [1.54, 1.807) is 51.5 Å². The first kappa shape index (κ1) is 23.5. The van der Waals surface area contributed by atoms with Crippen molar-refractivity contribution in [2.24, 2.45) is 0 Å². The number of nitrogens with one attached hydrogen (secondary N) is 1. The van der Waals surface area contributed by atoms with Gasteiger partial charge in [-0.05, 0) is 50.6 Å². The molecule has 0 heterocycles. The summed E-state index contributed by atoms with van der Waals surface area (Å²) in [6.45, 7) is 5.52. The number of hydrogen-bond donors (Lipinski definition) is 1. The number of carbonyl (C=O) groups is 1. The molecule has 0 bridgehead atoms. The van der Waals surface area contributed by atoms with Gasteiger partial charge in [0.25, 0.3) is 0 Å². The number of methoxy groups -OCH3 is 2. The fourth-order valence-corrected chi connectivity index (χ4v) is 4.53. The second-order valence-electron chi connectivity index (χ2n) is 7.16. The van der Waals surface area contributed by atoms with Crippen LogP contribution in [0.25, 0.3) is 0 Å². The number of benzene rings is 2. The third-order valence-electron chi connectivity index (χ3n) is 4.88. The summed E-state index contributed by atoms with van der Waals surface area (Å²) in [5.41, 5.74) is 2.20. The number of hydrogen-bond acceptors (Lipinski definition) is 5. The molecule has 0 saturated heterocycles. The van der Waals surface area contributed by atoms with Gasteiger partial charge in [-0.2, -0.15) is 0 Å². The molecule has 0 spiro atoms. The van der Waals surface area contributed by atoms with Gasteiger partial charge in [-0.15, -0.1) is 0 Å². The molecule has 2 atom stereocenters. The van der Waals surface area contributed by atoms with Gasteiger partial charge in [0.15, 0.2) is 0 Å². The second kappa shape index (κ2) is 9.84. The first-order valence-corrected chi connectivity index (χ1v) is 11.6. The Morgan fingerprint density at radius 1 is 1.10 bits per heavy atom. The molecule has 7 nitrogen and oxygen atoms in total. The largest absolute Gasteiger partial charge is 0.497 e. The van der Waals surface area contributed by atoms with E-state index in [2.05, 4.69) is 5.32 Å². The minimum Gasteiger partial charge on any atom is -0.497 e. The minimum absolute atomic E-state index is 0.314. The number of rotatable bonds is 9. The van der Waals surface area contributed by atoms with E-state index in [0.717, 1.165) is 17.4 Å². The number of anilines is 1. The van der Waals surface area contributed by atoms with Crippen molar-refractivity contribution in [3.05, 3.63) is 53.6 Å². The predicted octanol–water partition coefficient (Wildman–Crippen LogP) is 3.43. The Labute approximate surface area is 179 Å². The van der Waals surface area contributed by atoms with Crippen LogP contribution in [0.4, 0.5) is 5.69 Å². The number of nitrogens with zero attached hydrogens (tertiary/aromatic N) is 1. The Morgan fingerprint density at radius 2 is 1.73 bits per heavy atom. The van der Waals surface area contributed by atoms with E-state index in [0.29, 0.717) is 23.6 Å². The topological polar surface area (TPSA) is 84.9 Å². The molecule has 0 aliphatic heterocycles. The number of amides is 1. The summed E-state index contributed by atoms with van der Waals surface area (Å²) in [4.78, 5) is 13.2. The molecule has 0 fully saturated rings. The Balaban J connectivity index is 2.35. The lowest BCUT2D eigenvalue weighted by atomic mass is 10.1. The van der Waals surface area contributed by atoms with E-state index < -0.39 is 22.1 Å². The summed E-state index contributed by atoms with van der Waals surface area (Å²) in [5.74, 6) is 0.854. The van der Waals surface area contributed by atoms with Crippen molar-refractivity contribution >= 4 is 21.6 Å². The molecule has 0 aliphatic carbocycles. The van der Waals surface area contributed by atoms with Crippen LogP contribution in [0.1, 0.15) is 37.4 Å². The number of sulfonamides is 1. The number of carbonyl (C=O) groups excluding carboxylic acids is 1. The highest BCUT2D eigenvalue weighted by Crippen LogP contribution is 2.30. The first-order chi connectivity index (χ1) is 14.1. The predicted molar refractivity (Wildman–Crippen MR) is 119 cm³/mol. The molecule has 1 amide bonds. The molecule has 2 aromatic rings. The first-order valence-electron chi connectivity index (χ1n) is 9.70. The van der Waals surface area contributed by atoms with Gasteiger partial charge in [0.2, 0.25) is 15.9 Å². The van der Waals surface area contributed by atoms with Gasteiger partial charge in [-0.3, -0.25) is 9.10 Å². The Kier molecular flexibility index (Phi) is 7.72. The van der Waals surface area contributed by atoms with Crippen molar-refractivity contribution in [2.45, 2.75) is 39.3 Å². The van der Waals surface area contributed by atoms with Gasteiger partial charge in [-0.1, -0.05) is 24.6 Å². The lowest BCUT2D eigenvalue weighted by molar-refractivity contribution is -0.122. The van der Waals surface area contributed by atoms with Crippen LogP contribution >= 0.6 is 0 Å². The van der Waals surface area contributed by atoms with Gasteiger partial charge >= 0.3 is 0 Å². The number of aryl methyl sites for hydroxylation is 1. The van der Waals surface area contributed by atoms with E-state index in [1.807, 2.05) is 26.0 Å². The molecule has 0 unspecified atom stereocenters. The van der Waals surface area contributed by atoms with E-state index >= 15 is 0 Å². The molecule has 0 aliphatic rings. The van der Waals surface area contributed by atoms with Crippen molar-refractivity contribution in [1.29, 1.82) is 0 Å². The Hall–Kier alpha value is -2.74. The van der Waals surface area contributed by atoms with E-state index in [1.165, 1.54) is 4.31 Å². The summed E-state index contributed by atoms with van der Waals surface area (Å²) in [7, 11) is -0.567. The van der Waals surface area contributed by atoms with Crippen LogP contribution in [0, 0.1) is 6.92 Å².